The highest BCUT2D eigenvalue weighted by Gasteiger charge is 2.12. The fourth-order valence-electron chi connectivity index (χ4n) is 1.81. The SMILES string of the molecule is CN(C)c1cc(NC(CO)c2cccc(Br)c2)ncn1. The average molecular weight is 337 g/mol. The first-order valence-electron chi connectivity index (χ1n) is 6.22. The van der Waals surface area contributed by atoms with Crippen molar-refractivity contribution in [2.24, 2.45) is 0 Å². The van der Waals surface area contributed by atoms with Gasteiger partial charge in [0.15, 0.2) is 0 Å². The van der Waals surface area contributed by atoms with E-state index in [-0.39, 0.29) is 12.6 Å². The smallest absolute Gasteiger partial charge is 0.133 e. The predicted molar refractivity (Wildman–Crippen MR) is 84.0 cm³/mol. The molecule has 0 aliphatic rings. The van der Waals surface area contributed by atoms with Crippen LogP contribution in [0.2, 0.25) is 0 Å². The van der Waals surface area contributed by atoms with E-state index >= 15 is 0 Å². The summed E-state index contributed by atoms with van der Waals surface area (Å²) in [6, 6.07) is 9.47. The maximum absolute atomic E-state index is 9.58. The molecular weight excluding hydrogens is 320 g/mol. The van der Waals surface area contributed by atoms with E-state index in [9.17, 15) is 5.11 Å². The number of aliphatic hydroxyl groups excluding tert-OH is 1. The van der Waals surface area contributed by atoms with Crippen LogP contribution in [0, 0.1) is 0 Å². The molecule has 0 saturated heterocycles. The normalized spacial score (nSPS) is 12.0. The molecule has 1 unspecified atom stereocenters. The Hall–Kier alpha value is -1.66. The molecule has 0 amide bonds. The number of anilines is 2. The number of hydrogen-bond donors (Lipinski definition) is 2. The summed E-state index contributed by atoms with van der Waals surface area (Å²) >= 11 is 3.43. The standard InChI is InChI=1S/C14H17BrN4O/c1-19(2)14-7-13(16-9-17-14)18-12(8-20)10-4-3-5-11(15)6-10/h3-7,9,12,20H,8H2,1-2H3,(H,16,17,18). The molecule has 0 radical (unpaired) electrons. The van der Waals surface area contributed by atoms with Crippen molar-refractivity contribution in [1.29, 1.82) is 0 Å². The monoisotopic (exact) mass is 336 g/mol. The molecule has 1 heterocycles. The van der Waals surface area contributed by atoms with Crippen LogP contribution in [0.3, 0.4) is 0 Å². The number of hydrogen-bond acceptors (Lipinski definition) is 5. The number of nitrogens with one attached hydrogen (secondary N) is 1. The van der Waals surface area contributed by atoms with E-state index in [1.165, 1.54) is 6.33 Å². The Bertz CT molecular complexity index is 577. The predicted octanol–water partition coefficient (Wildman–Crippen LogP) is 2.45. The first kappa shape index (κ1) is 14.7. The van der Waals surface area contributed by atoms with Gasteiger partial charge >= 0.3 is 0 Å². The minimum atomic E-state index is -0.211. The molecule has 1 atom stereocenters. The third kappa shape index (κ3) is 3.68. The van der Waals surface area contributed by atoms with Crippen molar-refractivity contribution in [3.05, 3.63) is 46.7 Å². The lowest BCUT2D eigenvalue weighted by molar-refractivity contribution is 0.276. The first-order valence-corrected chi connectivity index (χ1v) is 7.01. The lowest BCUT2D eigenvalue weighted by Crippen LogP contribution is -2.17. The lowest BCUT2D eigenvalue weighted by Gasteiger charge is -2.19. The molecule has 0 aliphatic heterocycles. The molecule has 0 bridgehead atoms. The van der Waals surface area contributed by atoms with E-state index in [1.54, 1.807) is 0 Å². The number of aromatic nitrogens is 2. The lowest BCUT2D eigenvalue weighted by atomic mass is 10.1. The minimum absolute atomic E-state index is 0.0161. The number of benzene rings is 1. The molecule has 6 heteroatoms. The van der Waals surface area contributed by atoms with Gasteiger partial charge in [-0.15, -0.1) is 0 Å². The van der Waals surface area contributed by atoms with Crippen LogP contribution >= 0.6 is 15.9 Å². The quantitative estimate of drug-likeness (QED) is 0.878. The molecule has 1 aromatic heterocycles. The second kappa shape index (κ2) is 6.67. The topological polar surface area (TPSA) is 61.3 Å². The largest absolute Gasteiger partial charge is 0.394 e. The van der Waals surface area contributed by atoms with Gasteiger partial charge in [0.2, 0.25) is 0 Å². The Morgan fingerprint density at radius 1 is 1.30 bits per heavy atom. The number of nitrogens with zero attached hydrogens (tertiary/aromatic N) is 3. The van der Waals surface area contributed by atoms with Gasteiger partial charge in [-0.3, -0.25) is 0 Å². The summed E-state index contributed by atoms with van der Waals surface area (Å²) in [5, 5.41) is 12.8. The van der Waals surface area contributed by atoms with Crippen LogP contribution in [0.15, 0.2) is 41.1 Å². The Balaban J connectivity index is 2.20. The summed E-state index contributed by atoms with van der Waals surface area (Å²) in [4.78, 5) is 10.3. The summed E-state index contributed by atoms with van der Waals surface area (Å²) in [5.41, 5.74) is 0.992. The fourth-order valence-corrected chi connectivity index (χ4v) is 2.22. The zero-order chi connectivity index (χ0) is 14.5. The van der Waals surface area contributed by atoms with E-state index in [0.717, 1.165) is 15.9 Å². The van der Waals surface area contributed by atoms with Crippen molar-refractivity contribution in [3.8, 4) is 0 Å². The van der Waals surface area contributed by atoms with E-state index < -0.39 is 0 Å². The van der Waals surface area contributed by atoms with Gasteiger partial charge in [0.1, 0.15) is 18.0 Å². The van der Waals surface area contributed by atoms with E-state index in [2.05, 4.69) is 31.2 Å². The van der Waals surface area contributed by atoms with Gasteiger partial charge in [-0.05, 0) is 17.7 Å². The van der Waals surface area contributed by atoms with Gasteiger partial charge in [0, 0.05) is 24.6 Å². The second-order valence-corrected chi connectivity index (χ2v) is 5.51. The molecule has 1 aromatic carbocycles. The molecule has 0 fully saturated rings. The van der Waals surface area contributed by atoms with Gasteiger partial charge < -0.3 is 15.3 Å². The molecule has 0 saturated carbocycles. The van der Waals surface area contributed by atoms with Gasteiger partial charge in [-0.1, -0.05) is 28.1 Å². The third-order valence-electron chi connectivity index (χ3n) is 2.87. The van der Waals surface area contributed by atoms with Crippen LogP contribution in [-0.4, -0.2) is 35.8 Å². The Morgan fingerprint density at radius 3 is 2.75 bits per heavy atom. The summed E-state index contributed by atoms with van der Waals surface area (Å²) < 4.78 is 0.979. The van der Waals surface area contributed by atoms with Crippen molar-refractivity contribution in [2.75, 3.05) is 30.9 Å². The molecule has 2 N–H and O–H groups in total. The van der Waals surface area contributed by atoms with Crippen molar-refractivity contribution < 1.29 is 5.11 Å². The van der Waals surface area contributed by atoms with Gasteiger partial charge in [-0.2, -0.15) is 0 Å². The molecule has 5 nitrogen and oxygen atoms in total. The van der Waals surface area contributed by atoms with E-state index in [0.29, 0.717) is 5.82 Å². The number of halogens is 1. The molecule has 2 aromatic rings. The minimum Gasteiger partial charge on any atom is -0.394 e. The summed E-state index contributed by atoms with van der Waals surface area (Å²) in [5.74, 6) is 1.50. The van der Waals surface area contributed by atoms with Crippen LogP contribution in [-0.2, 0) is 0 Å². The highest BCUT2D eigenvalue weighted by molar-refractivity contribution is 9.10. The first-order chi connectivity index (χ1) is 9.60. The van der Waals surface area contributed by atoms with Crippen LogP contribution in [0.4, 0.5) is 11.6 Å². The maximum Gasteiger partial charge on any atom is 0.133 e. The summed E-state index contributed by atoms with van der Waals surface area (Å²) in [7, 11) is 3.84. The van der Waals surface area contributed by atoms with Gasteiger partial charge in [0.05, 0.1) is 12.6 Å². The number of rotatable bonds is 5. The number of aliphatic hydroxyl groups is 1. The molecule has 2 rings (SSSR count). The highest BCUT2D eigenvalue weighted by Crippen LogP contribution is 2.22. The molecule has 0 aliphatic carbocycles. The van der Waals surface area contributed by atoms with Gasteiger partial charge in [0.25, 0.3) is 0 Å². The van der Waals surface area contributed by atoms with Crippen LogP contribution < -0.4 is 10.2 Å². The van der Waals surface area contributed by atoms with E-state index in [1.807, 2.05) is 49.3 Å². The molecule has 106 valence electrons. The van der Waals surface area contributed by atoms with Crippen LogP contribution in [0.1, 0.15) is 11.6 Å². The van der Waals surface area contributed by atoms with E-state index in [4.69, 9.17) is 0 Å². The molecule has 20 heavy (non-hydrogen) atoms. The Morgan fingerprint density at radius 2 is 2.10 bits per heavy atom. The third-order valence-corrected chi connectivity index (χ3v) is 3.36. The maximum atomic E-state index is 9.58. The van der Waals surface area contributed by atoms with Gasteiger partial charge in [-0.25, -0.2) is 9.97 Å². The zero-order valence-corrected chi connectivity index (χ0v) is 13.0. The van der Waals surface area contributed by atoms with Crippen molar-refractivity contribution >= 4 is 27.6 Å². The van der Waals surface area contributed by atoms with Crippen LogP contribution in [0.5, 0.6) is 0 Å². The molecule has 0 spiro atoms. The van der Waals surface area contributed by atoms with Crippen molar-refractivity contribution in [3.63, 3.8) is 0 Å². The Labute approximate surface area is 126 Å². The average Bonchev–Trinajstić information content (AvgIpc) is 2.45. The molecular formula is C14H17BrN4O. The summed E-state index contributed by atoms with van der Waals surface area (Å²) in [6.45, 7) is -0.0161. The van der Waals surface area contributed by atoms with Crippen LogP contribution in [0.25, 0.3) is 0 Å². The second-order valence-electron chi connectivity index (χ2n) is 4.59. The highest BCUT2D eigenvalue weighted by atomic mass is 79.9. The zero-order valence-electron chi connectivity index (χ0n) is 11.4. The summed E-state index contributed by atoms with van der Waals surface area (Å²) in [6.07, 6.45) is 1.51. The van der Waals surface area contributed by atoms with Crippen molar-refractivity contribution in [1.82, 2.24) is 9.97 Å². The fraction of sp³-hybridized carbons (Fsp3) is 0.286. The van der Waals surface area contributed by atoms with Crippen molar-refractivity contribution in [2.45, 2.75) is 6.04 Å². The Kier molecular flexibility index (Phi) is 4.92.